The van der Waals surface area contributed by atoms with Gasteiger partial charge in [-0.25, -0.2) is 0 Å². The molecule has 6 nitrogen and oxygen atoms in total. The van der Waals surface area contributed by atoms with Crippen molar-refractivity contribution in [2.24, 2.45) is 0 Å². The number of carbonyl (C=O) groups excluding carboxylic acids is 1. The van der Waals surface area contributed by atoms with E-state index in [4.69, 9.17) is 14.6 Å². The van der Waals surface area contributed by atoms with Crippen molar-refractivity contribution in [1.29, 1.82) is 0 Å². The third kappa shape index (κ3) is 0.967. The Morgan fingerprint density at radius 3 is 2.58 bits per heavy atom. The van der Waals surface area contributed by atoms with Crippen LogP contribution in [0.4, 0.5) is 0 Å². The molecule has 2 rings (SSSR count). The molecule has 1 unspecified atom stereocenters. The van der Waals surface area contributed by atoms with Gasteiger partial charge in [-0.3, -0.25) is 14.2 Å². The Hall–Kier alpha value is -0.260. The second-order valence-corrected chi connectivity index (χ2v) is 4.42. The molecular weight excluding hydrogens is 185 g/mol. The molecule has 0 aromatic rings. The molecule has 0 amide bonds. The fourth-order valence-corrected chi connectivity index (χ4v) is 2.22. The second kappa shape index (κ2) is 2.16. The summed E-state index contributed by atoms with van der Waals surface area (Å²) < 4.78 is 10.6. The summed E-state index contributed by atoms with van der Waals surface area (Å²) in [5.41, 5.74) is -2.37. The van der Waals surface area contributed by atoms with E-state index in [1.807, 2.05) is 0 Å². The van der Waals surface area contributed by atoms with E-state index in [-0.39, 0.29) is 0 Å². The number of hydroxylamine groups is 2. The minimum Gasteiger partial charge on any atom is -0.319 e. The zero-order valence-electron chi connectivity index (χ0n) is 6.13. The van der Waals surface area contributed by atoms with Gasteiger partial charge in [-0.2, -0.15) is 0 Å². The molecular formula is C5H8NO5P. The van der Waals surface area contributed by atoms with Crippen molar-refractivity contribution in [2.45, 2.75) is 18.6 Å². The van der Waals surface area contributed by atoms with Gasteiger partial charge in [0.2, 0.25) is 5.72 Å². The van der Waals surface area contributed by atoms with Crippen LogP contribution in [0.3, 0.4) is 0 Å². The minimum absolute atomic E-state index is 0.386. The van der Waals surface area contributed by atoms with Gasteiger partial charge in [-0.15, -0.1) is 5.06 Å². The first-order chi connectivity index (χ1) is 5.47. The average Bonchev–Trinajstić information content (AvgIpc) is 2.52. The fourth-order valence-electron chi connectivity index (χ4n) is 1.50. The highest BCUT2D eigenvalue weighted by molar-refractivity contribution is 7.70. The second-order valence-electron chi connectivity index (χ2n) is 2.93. The van der Waals surface area contributed by atoms with Gasteiger partial charge >= 0.3 is 7.60 Å². The van der Waals surface area contributed by atoms with Crippen LogP contribution in [0.2, 0.25) is 0 Å². The molecule has 68 valence electrons. The first kappa shape index (κ1) is 8.34. The van der Waals surface area contributed by atoms with Crippen molar-refractivity contribution in [3.8, 4) is 0 Å². The molecule has 2 atom stereocenters. The Kier molecular flexibility index (Phi) is 1.50. The topological polar surface area (TPSA) is 90.1 Å². The molecule has 0 aromatic carbocycles. The van der Waals surface area contributed by atoms with Crippen LogP contribution in [0.25, 0.3) is 0 Å². The lowest BCUT2D eigenvalue weighted by Gasteiger charge is -2.05. The van der Waals surface area contributed by atoms with Crippen LogP contribution in [0.15, 0.2) is 0 Å². The molecule has 2 saturated heterocycles. The number of hydrogen-bond donors (Lipinski definition) is 2. The van der Waals surface area contributed by atoms with Gasteiger partial charge in [-0.05, 0) is 6.42 Å². The molecule has 2 heterocycles. The van der Waals surface area contributed by atoms with Crippen LogP contribution < -0.4 is 0 Å². The Morgan fingerprint density at radius 2 is 2.25 bits per heavy atom. The van der Waals surface area contributed by atoms with Gasteiger partial charge in [0.05, 0.1) is 0 Å². The highest BCUT2D eigenvalue weighted by Gasteiger charge is 2.68. The maximum atomic E-state index is 11.1. The summed E-state index contributed by atoms with van der Waals surface area (Å²) in [6.45, 7) is 0.575. The molecule has 7 heteroatoms. The van der Waals surface area contributed by atoms with E-state index in [0.29, 0.717) is 13.0 Å². The normalized spacial score (nSPS) is 39.3. The van der Waals surface area contributed by atoms with Crippen molar-refractivity contribution in [3.63, 3.8) is 0 Å². The van der Waals surface area contributed by atoms with Crippen molar-refractivity contribution in [1.82, 2.24) is 5.06 Å². The zero-order chi connectivity index (χ0) is 8.98. The lowest BCUT2D eigenvalue weighted by Crippen LogP contribution is -2.24. The molecule has 0 radical (unpaired) electrons. The van der Waals surface area contributed by atoms with Gasteiger partial charge < -0.3 is 9.79 Å². The van der Waals surface area contributed by atoms with Crippen LogP contribution in [-0.2, 0) is 14.2 Å². The number of fused-ring (bicyclic) bond motifs is 1. The monoisotopic (exact) mass is 193 g/mol. The molecule has 2 N–H and O–H groups in total. The van der Waals surface area contributed by atoms with E-state index in [2.05, 4.69) is 0 Å². The summed E-state index contributed by atoms with van der Waals surface area (Å²) >= 11 is 0. The summed E-state index contributed by atoms with van der Waals surface area (Å²) in [4.78, 5) is 33.1. The van der Waals surface area contributed by atoms with Crippen molar-refractivity contribution >= 4 is 13.1 Å². The third-order valence-electron chi connectivity index (χ3n) is 2.11. The number of hydrogen-bond acceptors (Lipinski definition) is 4. The summed E-state index contributed by atoms with van der Waals surface area (Å²) in [7, 11) is -4.64. The van der Waals surface area contributed by atoms with Crippen LogP contribution in [0, 0.1) is 0 Å². The minimum atomic E-state index is -4.64. The highest BCUT2D eigenvalue weighted by atomic mass is 31.2. The molecule has 12 heavy (non-hydrogen) atoms. The van der Waals surface area contributed by atoms with E-state index in [9.17, 15) is 9.36 Å². The molecule has 2 fully saturated rings. The molecule has 2 aliphatic rings. The summed E-state index contributed by atoms with van der Waals surface area (Å²) in [5.74, 6) is 0. The number of nitrogens with zero attached hydrogens (tertiary/aromatic N) is 1. The molecule has 0 bridgehead atoms. The van der Waals surface area contributed by atoms with Crippen molar-refractivity contribution in [3.05, 3.63) is 0 Å². The van der Waals surface area contributed by atoms with Gasteiger partial charge in [0, 0.05) is 13.0 Å². The summed E-state index contributed by atoms with van der Waals surface area (Å²) in [6, 6.07) is 0. The molecule has 2 aliphatic heterocycles. The predicted octanol–water partition coefficient (Wildman–Crippen LogP) is -0.572. The van der Waals surface area contributed by atoms with E-state index in [1.54, 1.807) is 0 Å². The van der Waals surface area contributed by atoms with Gasteiger partial charge in [0.15, 0.2) is 0 Å². The van der Waals surface area contributed by atoms with Gasteiger partial charge in [-0.1, -0.05) is 0 Å². The lowest BCUT2D eigenvalue weighted by atomic mass is 10.2. The molecule has 0 saturated carbocycles. The zero-order valence-corrected chi connectivity index (χ0v) is 7.03. The largest absolute Gasteiger partial charge is 0.396 e. The SMILES string of the molecule is O=C([C@]12CCCN1O2)P(=O)(O)O. The van der Waals surface area contributed by atoms with Crippen LogP contribution in [-0.4, -0.2) is 32.6 Å². The average molecular weight is 193 g/mol. The van der Waals surface area contributed by atoms with Crippen LogP contribution >= 0.6 is 7.60 Å². The number of carbonyl (C=O) groups is 1. The van der Waals surface area contributed by atoms with E-state index in [1.165, 1.54) is 5.06 Å². The standard InChI is InChI=1S/C5H8NO5P/c7-4(12(8,9)10)5-2-1-3-6(5)11-5/h1-3H2,(H2,8,9,10)/t5-,6?/m1/s1. The Morgan fingerprint density at radius 1 is 1.58 bits per heavy atom. The Bertz CT molecular complexity index is 286. The molecule has 0 spiro atoms. The quantitative estimate of drug-likeness (QED) is 0.450. The first-order valence-electron chi connectivity index (χ1n) is 3.54. The van der Waals surface area contributed by atoms with Crippen LogP contribution in [0.1, 0.15) is 12.8 Å². The van der Waals surface area contributed by atoms with E-state index < -0.39 is 18.8 Å². The van der Waals surface area contributed by atoms with E-state index in [0.717, 1.165) is 6.42 Å². The highest BCUT2D eigenvalue weighted by Crippen LogP contribution is 2.54. The number of rotatable bonds is 2. The maximum absolute atomic E-state index is 11.1. The molecule has 0 aliphatic carbocycles. The Balaban J connectivity index is 2.22. The summed E-state index contributed by atoms with van der Waals surface area (Å²) in [6.07, 6.45) is 1.13. The van der Waals surface area contributed by atoms with Gasteiger partial charge in [0.1, 0.15) is 0 Å². The molecule has 0 aromatic heterocycles. The fraction of sp³-hybridized carbons (Fsp3) is 0.800. The van der Waals surface area contributed by atoms with Crippen molar-refractivity contribution in [2.75, 3.05) is 6.54 Å². The smallest absolute Gasteiger partial charge is 0.319 e. The predicted molar refractivity (Wildman–Crippen MR) is 36.8 cm³/mol. The lowest BCUT2D eigenvalue weighted by molar-refractivity contribution is -0.118. The Labute approximate surface area is 68.2 Å². The van der Waals surface area contributed by atoms with Crippen molar-refractivity contribution < 1.29 is 24.0 Å². The van der Waals surface area contributed by atoms with E-state index >= 15 is 0 Å². The maximum Gasteiger partial charge on any atom is 0.396 e. The first-order valence-corrected chi connectivity index (χ1v) is 5.15. The summed E-state index contributed by atoms with van der Waals surface area (Å²) in [5, 5.41) is 1.33. The van der Waals surface area contributed by atoms with Crippen LogP contribution in [0.5, 0.6) is 0 Å². The third-order valence-corrected chi connectivity index (χ3v) is 2.99. The van der Waals surface area contributed by atoms with Gasteiger partial charge in [0.25, 0.3) is 5.52 Å².